The van der Waals surface area contributed by atoms with Gasteiger partial charge < -0.3 is 4.42 Å². The van der Waals surface area contributed by atoms with Gasteiger partial charge in [0.25, 0.3) is 0 Å². The summed E-state index contributed by atoms with van der Waals surface area (Å²) in [7, 11) is 0. The summed E-state index contributed by atoms with van der Waals surface area (Å²) in [5, 5.41) is 0.874. The van der Waals surface area contributed by atoms with Crippen molar-refractivity contribution in [2.45, 2.75) is 0 Å². The van der Waals surface area contributed by atoms with E-state index in [2.05, 4.69) is 49.4 Å². The first-order valence-corrected chi connectivity index (χ1v) is 9.63. The zero-order valence-corrected chi connectivity index (χ0v) is 17.6. The monoisotopic (exact) mass is 406 g/mol. The summed E-state index contributed by atoms with van der Waals surface area (Å²) in [6.45, 7) is 23.1. The van der Waals surface area contributed by atoms with Gasteiger partial charge in [0.1, 0.15) is 5.76 Å². The molecule has 31 heavy (non-hydrogen) atoms. The van der Waals surface area contributed by atoms with E-state index < -0.39 is 0 Å². The van der Waals surface area contributed by atoms with E-state index in [-0.39, 0.29) is 0 Å². The highest BCUT2D eigenvalue weighted by Gasteiger charge is 2.18. The van der Waals surface area contributed by atoms with Crippen LogP contribution in [0.5, 0.6) is 0 Å². The Kier molecular flexibility index (Phi) is 8.69. The summed E-state index contributed by atoms with van der Waals surface area (Å²) >= 11 is 0. The summed E-state index contributed by atoms with van der Waals surface area (Å²) in [5.74, 6) is 0.601. The van der Waals surface area contributed by atoms with Crippen molar-refractivity contribution in [3.05, 3.63) is 141 Å². The van der Waals surface area contributed by atoms with Crippen LogP contribution in [0.3, 0.4) is 0 Å². The molecule has 0 saturated heterocycles. The van der Waals surface area contributed by atoms with Crippen LogP contribution in [-0.2, 0) is 0 Å². The fraction of sp³-hybridized carbons (Fsp3) is 0. The Bertz CT molecular complexity index is 1180. The zero-order chi connectivity index (χ0) is 22.6. The van der Waals surface area contributed by atoms with E-state index in [9.17, 15) is 0 Å². The van der Waals surface area contributed by atoms with E-state index in [1.807, 2.05) is 36.4 Å². The van der Waals surface area contributed by atoms with Gasteiger partial charge in [0.15, 0.2) is 0 Å². The lowest BCUT2D eigenvalue weighted by molar-refractivity contribution is 0.589. The van der Waals surface area contributed by atoms with E-state index >= 15 is 0 Å². The minimum Gasteiger partial charge on any atom is -0.437 e. The molecule has 0 fully saturated rings. The van der Waals surface area contributed by atoms with Crippen molar-refractivity contribution in [1.82, 2.24) is 4.98 Å². The smallest absolute Gasteiger partial charge is 0.227 e. The zero-order valence-electron chi connectivity index (χ0n) is 17.6. The largest absolute Gasteiger partial charge is 0.437 e. The van der Waals surface area contributed by atoms with E-state index in [1.54, 1.807) is 48.9 Å². The molecule has 2 heterocycles. The van der Waals surface area contributed by atoms with Crippen LogP contribution >= 0.6 is 0 Å². The first kappa shape index (κ1) is 23.0. The van der Waals surface area contributed by atoms with Crippen LogP contribution in [-0.4, -0.2) is 10.7 Å². The van der Waals surface area contributed by atoms with Crippen molar-refractivity contribution in [2.75, 3.05) is 0 Å². The van der Waals surface area contributed by atoms with Gasteiger partial charge in [0.05, 0.1) is 5.71 Å². The molecule has 3 heteroatoms. The lowest BCUT2D eigenvalue weighted by Crippen LogP contribution is -1.99. The summed E-state index contributed by atoms with van der Waals surface area (Å²) in [6, 6.07) is 3.80. The van der Waals surface area contributed by atoms with Crippen LogP contribution in [0.2, 0.25) is 0 Å². The summed E-state index contributed by atoms with van der Waals surface area (Å²) in [5.41, 5.74) is 4.35. The second-order valence-corrected chi connectivity index (χ2v) is 6.17. The average Bonchev–Trinajstić information content (AvgIpc) is 3.17. The third-order valence-corrected chi connectivity index (χ3v) is 4.35. The van der Waals surface area contributed by atoms with Gasteiger partial charge in [-0.2, -0.15) is 0 Å². The van der Waals surface area contributed by atoms with Crippen molar-refractivity contribution in [1.29, 1.82) is 0 Å². The molecule has 0 aliphatic heterocycles. The van der Waals surface area contributed by atoms with E-state index in [1.165, 1.54) is 0 Å². The molecular weight excluding hydrogens is 380 g/mol. The third kappa shape index (κ3) is 5.43. The molecule has 0 amide bonds. The first-order valence-electron chi connectivity index (χ1n) is 9.63. The summed E-state index contributed by atoms with van der Waals surface area (Å²) in [4.78, 5) is 8.96. The highest BCUT2D eigenvalue weighted by atomic mass is 16.3. The third-order valence-electron chi connectivity index (χ3n) is 4.35. The van der Waals surface area contributed by atoms with Gasteiger partial charge in [0.2, 0.25) is 5.71 Å². The molecule has 2 aromatic rings. The van der Waals surface area contributed by atoms with Crippen molar-refractivity contribution in [2.24, 2.45) is 4.99 Å². The summed E-state index contributed by atoms with van der Waals surface area (Å²) < 4.78 is 6.04. The highest BCUT2D eigenvalue weighted by Crippen LogP contribution is 2.31. The van der Waals surface area contributed by atoms with Crippen LogP contribution in [0.4, 0.5) is 0 Å². The standard InChI is InChI=1S/C28H26N2O/c1-7-13-14-17-21(9-3)22(10-4)20-30-26(12-6)25(16-8-2)27-23(11-5)24-18-15-19-29-28(24)31-27/h7-20H,1-6H2/b14-13-,21-17+,22-20+,25-16-,30-26+. The predicted octanol–water partition coefficient (Wildman–Crippen LogP) is 7.59. The molecule has 0 saturated carbocycles. The number of furan rings is 1. The normalized spacial score (nSPS) is 13.3. The minimum atomic E-state index is 0.527. The lowest BCUT2D eigenvalue weighted by Gasteiger charge is -2.06. The molecule has 154 valence electrons. The summed E-state index contributed by atoms with van der Waals surface area (Å²) in [6.07, 6.45) is 21.1. The van der Waals surface area contributed by atoms with E-state index in [4.69, 9.17) is 4.42 Å². The second kappa shape index (κ2) is 11.7. The van der Waals surface area contributed by atoms with Gasteiger partial charge in [-0.3, -0.25) is 4.99 Å². The number of nitrogens with zero attached hydrogens (tertiary/aromatic N) is 2. The Morgan fingerprint density at radius 2 is 1.68 bits per heavy atom. The van der Waals surface area contributed by atoms with E-state index in [0.717, 1.165) is 22.1 Å². The number of pyridine rings is 1. The molecular formula is C28H26N2O. The highest BCUT2D eigenvalue weighted by molar-refractivity contribution is 6.30. The average molecular weight is 407 g/mol. The number of fused-ring (bicyclic) bond motifs is 1. The van der Waals surface area contributed by atoms with Crippen LogP contribution in [0.15, 0.2) is 139 Å². The number of allylic oxidation sites excluding steroid dienone is 12. The van der Waals surface area contributed by atoms with Crippen molar-refractivity contribution in [3.63, 3.8) is 0 Å². The Morgan fingerprint density at radius 3 is 2.29 bits per heavy atom. The van der Waals surface area contributed by atoms with Gasteiger partial charge in [-0.15, -0.1) is 0 Å². The molecule has 3 nitrogen and oxygen atoms in total. The molecule has 2 aromatic heterocycles. The van der Waals surface area contributed by atoms with Gasteiger partial charge in [-0.05, 0) is 35.4 Å². The molecule has 0 aromatic carbocycles. The predicted molar refractivity (Wildman–Crippen MR) is 136 cm³/mol. The maximum absolute atomic E-state index is 6.04. The van der Waals surface area contributed by atoms with Crippen LogP contribution < -0.4 is 0 Å². The molecule has 0 atom stereocenters. The first-order chi connectivity index (χ1) is 15.1. The Labute approximate surface area is 184 Å². The molecule has 2 rings (SSSR count). The van der Waals surface area contributed by atoms with Gasteiger partial charge in [0, 0.05) is 28.9 Å². The number of rotatable bonds is 11. The molecule has 0 aliphatic rings. The molecule has 0 radical (unpaired) electrons. The Balaban J connectivity index is 2.63. The van der Waals surface area contributed by atoms with Crippen LogP contribution in [0, 0.1) is 0 Å². The SMILES string of the molecule is C=C\C=C/C=C(C=C)/C(C=C)=C/N=C(C=C)/C(=C/C=C)c1oc2ncccc2c1C=C. The Morgan fingerprint density at radius 1 is 0.903 bits per heavy atom. The fourth-order valence-electron chi connectivity index (χ4n) is 2.89. The second-order valence-electron chi connectivity index (χ2n) is 6.17. The van der Waals surface area contributed by atoms with Crippen molar-refractivity contribution in [3.8, 4) is 0 Å². The molecule has 0 N–H and O–H groups in total. The molecule has 0 bridgehead atoms. The Hall–Kier alpha value is -4.24. The quantitative estimate of drug-likeness (QED) is 0.285. The number of aromatic nitrogens is 1. The molecule has 0 spiro atoms. The van der Waals surface area contributed by atoms with E-state index in [0.29, 0.717) is 22.8 Å². The minimum absolute atomic E-state index is 0.527. The van der Waals surface area contributed by atoms with Gasteiger partial charge in [-0.1, -0.05) is 88.1 Å². The van der Waals surface area contributed by atoms with Gasteiger partial charge >= 0.3 is 0 Å². The van der Waals surface area contributed by atoms with Crippen molar-refractivity contribution >= 4 is 28.5 Å². The molecule has 0 aliphatic carbocycles. The number of aliphatic imine (C=N–C) groups is 1. The van der Waals surface area contributed by atoms with Crippen LogP contribution in [0.1, 0.15) is 11.3 Å². The number of hydrogen-bond acceptors (Lipinski definition) is 3. The molecule has 0 unspecified atom stereocenters. The number of hydrogen-bond donors (Lipinski definition) is 0. The fourth-order valence-corrected chi connectivity index (χ4v) is 2.89. The lowest BCUT2D eigenvalue weighted by atomic mass is 10.0. The maximum Gasteiger partial charge on any atom is 0.227 e. The van der Waals surface area contributed by atoms with Crippen LogP contribution in [0.25, 0.3) is 22.7 Å². The topological polar surface area (TPSA) is 38.4 Å². The maximum atomic E-state index is 6.04. The van der Waals surface area contributed by atoms with Crippen molar-refractivity contribution < 1.29 is 4.42 Å². The van der Waals surface area contributed by atoms with Gasteiger partial charge in [-0.25, -0.2) is 4.98 Å².